The van der Waals surface area contributed by atoms with Gasteiger partial charge >= 0.3 is 0 Å². The summed E-state index contributed by atoms with van der Waals surface area (Å²) in [6, 6.07) is 10.6. The summed E-state index contributed by atoms with van der Waals surface area (Å²) in [7, 11) is 1.64. The lowest BCUT2D eigenvalue weighted by molar-refractivity contribution is 0.0336. The number of ether oxygens (including phenoxy) is 2. The molecule has 1 aromatic carbocycles. The molecule has 1 saturated heterocycles. The molecule has 0 atom stereocenters. The lowest BCUT2D eigenvalue weighted by Gasteiger charge is -2.26. The first-order valence-corrected chi connectivity index (χ1v) is 10.4. The topological polar surface area (TPSA) is 76.8 Å². The van der Waals surface area contributed by atoms with Gasteiger partial charge in [-0.1, -0.05) is 45.0 Å². The van der Waals surface area contributed by atoms with Crippen molar-refractivity contribution in [3.05, 3.63) is 47.2 Å². The van der Waals surface area contributed by atoms with Crippen LogP contribution in [0.3, 0.4) is 0 Å². The minimum absolute atomic E-state index is 0.149. The van der Waals surface area contributed by atoms with E-state index in [4.69, 9.17) is 9.47 Å². The zero-order chi connectivity index (χ0) is 21.1. The SMILES string of the molecule is COc1cc(CN2CCOCC2)nc2nc(NCc3ccc(C(C)(C)C)cc3)nn12. The number of methoxy groups -OCH3 is 1. The molecule has 0 radical (unpaired) electrons. The molecule has 0 saturated carbocycles. The van der Waals surface area contributed by atoms with Gasteiger partial charge in [-0.3, -0.25) is 4.90 Å². The lowest BCUT2D eigenvalue weighted by Crippen LogP contribution is -2.35. The molecule has 1 fully saturated rings. The molecule has 4 rings (SSSR count). The molecular weight excluding hydrogens is 380 g/mol. The number of nitrogens with one attached hydrogen (secondary N) is 1. The monoisotopic (exact) mass is 410 g/mol. The number of fused-ring (bicyclic) bond motifs is 1. The predicted molar refractivity (Wildman–Crippen MR) is 116 cm³/mol. The van der Waals surface area contributed by atoms with E-state index in [1.165, 1.54) is 11.1 Å². The van der Waals surface area contributed by atoms with Crippen molar-refractivity contribution in [2.24, 2.45) is 0 Å². The zero-order valence-corrected chi connectivity index (χ0v) is 18.2. The Morgan fingerprint density at radius 1 is 1.10 bits per heavy atom. The van der Waals surface area contributed by atoms with Gasteiger partial charge in [-0.05, 0) is 16.5 Å². The van der Waals surface area contributed by atoms with Crippen molar-refractivity contribution in [3.63, 3.8) is 0 Å². The van der Waals surface area contributed by atoms with Crippen LogP contribution < -0.4 is 10.1 Å². The highest BCUT2D eigenvalue weighted by atomic mass is 16.5. The van der Waals surface area contributed by atoms with Crippen LogP contribution in [0, 0.1) is 0 Å². The molecule has 3 heterocycles. The number of nitrogens with zero attached hydrogens (tertiary/aromatic N) is 5. The van der Waals surface area contributed by atoms with Crippen molar-refractivity contribution in [1.82, 2.24) is 24.5 Å². The van der Waals surface area contributed by atoms with Crippen molar-refractivity contribution < 1.29 is 9.47 Å². The van der Waals surface area contributed by atoms with Gasteiger partial charge in [0.05, 0.1) is 26.0 Å². The van der Waals surface area contributed by atoms with E-state index in [0.29, 0.717) is 24.2 Å². The van der Waals surface area contributed by atoms with Gasteiger partial charge < -0.3 is 14.8 Å². The normalized spacial score (nSPS) is 15.5. The summed E-state index contributed by atoms with van der Waals surface area (Å²) in [4.78, 5) is 11.6. The summed E-state index contributed by atoms with van der Waals surface area (Å²) < 4.78 is 12.6. The molecular formula is C22H30N6O2. The number of rotatable bonds is 6. The maximum absolute atomic E-state index is 5.53. The molecule has 3 aromatic rings. The van der Waals surface area contributed by atoms with Crippen LogP contribution in [-0.4, -0.2) is 57.9 Å². The van der Waals surface area contributed by atoms with Gasteiger partial charge in [0, 0.05) is 32.2 Å². The van der Waals surface area contributed by atoms with Crippen molar-refractivity contribution >= 4 is 11.7 Å². The van der Waals surface area contributed by atoms with Crippen molar-refractivity contribution in [3.8, 4) is 5.88 Å². The number of hydrogen-bond donors (Lipinski definition) is 1. The molecule has 1 aliphatic rings. The Morgan fingerprint density at radius 3 is 2.50 bits per heavy atom. The van der Waals surface area contributed by atoms with Crippen LogP contribution in [0.15, 0.2) is 30.3 Å². The Kier molecular flexibility index (Phi) is 5.87. The first-order chi connectivity index (χ1) is 14.4. The largest absolute Gasteiger partial charge is 0.481 e. The predicted octanol–water partition coefficient (Wildman–Crippen LogP) is 2.87. The average molecular weight is 411 g/mol. The molecule has 8 heteroatoms. The maximum atomic E-state index is 5.53. The molecule has 1 aliphatic heterocycles. The molecule has 0 spiro atoms. The number of morpholine rings is 1. The number of hydrogen-bond acceptors (Lipinski definition) is 7. The van der Waals surface area contributed by atoms with Gasteiger partial charge in [-0.2, -0.15) is 9.50 Å². The molecule has 2 aromatic heterocycles. The summed E-state index contributed by atoms with van der Waals surface area (Å²) >= 11 is 0. The van der Waals surface area contributed by atoms with Crippen LogP contribution in [0.2, 0.25) is 0 Å². The Bertz CT molecular complexity index is 987. The molecule has 30 heavy (non-hydrogen) atoms. The van der Waals surface area contributed by atoms with Crippen LogP contribution in [-0.2, 0) is 23.2 Å². The van der Waals surface area contributed by atoms with Crippen molar-refractivity contribution in [1.29, 1.82) is 0 Å². The Morgan fingerprint density at radius 2 is 1.83 bits per heavy atom. The van der Waals surface area contributed by atoms with E-state index in [1.54, 1.807) is 11.6 Å². The molecule has 8 nitrogen and oxygen atoms in total. The molecule has 0 bridgehead atoms. The third-order valence-corrected chi connectivity index (χ3v) is 5.30. The first-order valence-electron chi connectivity index (χ1n) is 10.4. The molecule has 0 unspecified atom stereocenters. The van der Waals surface area contributed by atoms with Crippen LogP contribution in [0.4, 0.5) is 5.95 Å². The van der Waals surface area contributed by atoms with E-state index < -0.39 is 0 Å². The van der Waals surface area contributed by atoms with E-state index in [9.17, 15) is 0 Å². The minimum Gasteiger partial charge on any atom is -0.481 e. The Hall–Kier alpha value is -2.71. The average Bonchev–Trinajstić information content (AvgIpc) is 3.15. The number of anilines is 1. The summed E-state index contributed by atoms with van der Waals surface area (Å²) in [5, 5.41) is 7.81. The number of aromatic nitrogens is 4. The van der Waals surface area contributed by atoms with Gasteiger partial charge in [0.25, 0.3) is 5.78 Å². The zero-order valence-electron chi connectivity index (χ0n) is 18.2. The minimum atomic E-state index is 0.149. The first kappa shape index (κ1) is 20.6. The standard InChI is InChI=1S/C22H30N6O2/c1-22(2,3)17-7-5-16(6-8-17)14-23-20-25-21-24-18(13-19(29-4)28(21)26-20)15-27-9-11-30-12-10-27/h5-8,13H,9-12,14-15H2,1-4H3,(H,23,26). The summed E-state index contributed by atoms with van der Waals surface area (Å²) in [6.07, 6.45) is 0. The molecule has 0 aliphatic carbocycles. The Labute approximate surface area is 177 Å². The summed E-state index contributed by atoms with van der Waals surface area (Å²) in [5.74, 6) is 1.69. The number of benzene rings is 1. The fourth-order valence-corrected chi connectivity index (χ4v) is 3.48. The van der Waals surface area contributed by atoms with Crippen LogP contribution in [0.5, 0.6) is 5.88 Å². The van der Waals surface area contributed by atoms with E-state index >= 15 is 0 Å². The smallest absolute Gasteiger partial charge is 0.257 e. The van der Waals surface area contributed by atoms with Gasteiger partial charge in [0.1, 0.15) is 0 Å². The third kappa shape index (κ3) is 4.71. The maximum Gasteiger partial charge on any atom is 0.257 e. The van der Waals surface area contributed by atoms with Crippen molar-refractivity contribution in [2.45, 2.75) is 39.3 Å². The fraction of sp³-hybridized carbons (Fsp3) is 0.500. The van der Waals surface area contributed by atoms with E-state index in [-0.39, 0.29) is 5.41 Å². The Balaban J connectivity index is 1.48. The summed E-state index contributed by atoms with van der Waals surface area (Å²) in [6.45, 7) is 11.4. The van der Waals surface area contributed by atoms with E-state index in [0.717, 1.165) is 38.5 Å². The van der Waals surface area contributed by atoms with E-state index in [1.807, 2.05) is 6.07 Å². The second-order valence-electron chi connectivity index (χ2n) is 8.63. The van der Waals surface area contributed by atoms with Gasteiger partial charge in [-0.15, -0.1) is 5.10 Å². The van der Waals surface area contributed by atoms with Gasteiger partial charge in [0.15, 0.2) is 0 Å². The van der Waals surface area contributed by atoms with Crippen LogP contribution >= 0.6 is 0 Å². The molecule has 0 amide bonds. The highest BCUT2D eigenvalue weighted by Gasteiger charge is 2.16. The molecule has 160 valence electrons. The second-order valence-corrected chi connectivity index (χ2v) is 8.63. The van der Waals surface area contributed by atoms with Gasteiger partial charge in [-0.25, -0.2) is 4.98 Å². The quantitative estimate of drug-likeness (QED) is 0.670. The van der Waals surface area contributed by atoms with Crippen LogP contribution in [0.25, 0.3) is 5.78 Å². The highest BCUT2D eigenvalue weighted by Crippen LogP contribution is 2.22. The van der Waals surface area contributed by atoms with Crippen LogP contribution in [0.1, 0.15) is 37.6 Å². The van der Waals surface area contributed by atoms with E-state index in [2.05, 4.69) is 70.3 Å². The fourth-order valence-electron chi connectivity index (χ4n) is 3.48. The third-order valence-electron chi connectivity index (χ3n) is 5.30. The summed E-state index contributed by atoms with van der Waals surface area (Å²) in [5.41, 5.74) is 3.56. The molecule has 1 N–H and O–H groups in total. The second kappa shape index (κ2) is 8.57. The van der Waals surface area contributed by atoms with Crippen molar-refractivity contribution in [2.75, 3.05) is 38.7 Å². The lowest BCUT2D eigenvalue weighted by atomic mass is 9.87. The highest BCUT2D eigenvalue weighted by molar-refractivity contribution is 5.41. The van der Waals surface area contributed by atoms with Gasteiger partial charge in [0.2, 0.25) is 11.8 Å².